The highest BCUT2D eigenvalue weighted by atomic mass is 35.5. The van der Waals surface area contributed by atoms with E-state index in [1.807, 2.05) is 30.5 Å². The van der Waals surface area contributed by atoms with Crippen LogP contribution in [-0.2, 0) is 11.3 Å². The first-order chi connectivity index (χ1) is 10.1. The number of fused-ring (bicyclic) bond motifs is 1. The van der Waals surface area contributed by atoms with Crippen molar-refractivity contribution in [3.8, 4) is 0 Å². The first kappa shape index (κ1) is 13.9. The van der Waals surface area contributed by atoms with Crippen molar-refractivity contribution in [3.05, 3.63) is 57.9 Å². The van der Waals surface area contributed by atoms with E-state index in [0.717, 1.165) is 27.8 Å². The summed E-state index contributed by atoms with van der Waals surface area (Å²) >= 11 is 6.48. The summed E-state index contributed by atoms with van der Waals surface area (Å²) < 4.78 is 5.23. The van der Waals surface area contributed by atoms with Gasteiger partial charge in [-0.1, -0.05) is 12.1 Å². The summed E-state index contributed by atoms with van der Waals surface area (Å²) in [6.07, 6.45) is 1.86. The summed E-state index contributed by atoms with van der Waals surface area (Å²) in [5.41, 5.74) is 2.22. The van der Waals surface area contributed by atoms with Crippen LogP contribution in [0.4, 0.5) is 0 Å². The van der Waals surface area contributed by atoms with Crippen molar-refractivity contribution < 1.29 is 14.3 Å². The van der Waals surface area contributed by atoms with E-state index in [9.17, 15) is 9.59 Å². The third-order valence-corrected chi connectivity index (χ3v) is 4.26. The SMILES string of the molecule is O=C(OCc1ccc2cc[nH]c2c1)c1csc(C(=O)Cl)c1. The van der Waals surface area contributed by atoms with E-state index in [1.165, 1.54) is 6.07 Å². The Kier molecular flexibility index (Phi) is 3.77. The summed E-state index contributed by atoms with van der Waals surface area (Å²) in [7, 11) is 0. The zero-order valence-corrected chi connectivity index (χ0v) is 12.3. The average molecular weight is 320 g/mol. The molecule has 0 unspecified atom stereocenters. The molecule has 0 spiro atoms. The lowest BCUT2D eigenvalue weighted by Gasteiger charge is -2.04. The third-order valence-electron chi connectivity index (χ3n) is 3.02. The molecule has 0 bridgehead atoms. The van der Waals surface area contributed by atoms with Gasteiger partial charge in [0.05, 0.1) is 10.4 Å². The Labute approximate surface area is 129 Å². The molecule has 2 aromatic heterocycles. The number of ether oxygens (including phenoxy) is 1. The minimum absolute atomic E-state index is 0.174. The number of carbonyl (C=O) groups is 2. The van der Waals surface area contributed by atoms with E-state index in [1.54, 1.807) is 5.38 Å². The highest BCUT2D eigenvalue weighted by Gasteiger charge is 2.13. The molecule has 0 radical (unpaired) electrons. The number of nitrogens with one attached hydrogen (secondary N) is 1. The van der Waals surface area contributed by atoms with E-state index < -0.39 is 11.2 Å². The van der Waals surface area contributed by atoms with Gasteiger partial charge in [0.2, 0.25) is 0 Å². The summed E-state index contributed by atoms with van der Waals surface area (Å²) in [6.45, 7) is 0.174. The molecular weight excluding hydrogens is 310 g/mol. The number of halogens is 1. The largest absolute Gasteiger partial charge is 0.457 e. The number of aromatic amines is 1. The van der Waals surface area contributed by atoms with Gasteiger partial charge in [0, 0.05) is 17.1 Å². The Hall–Kier alpha value is -2.11. The number of aromatic nitrogens is 1. The average Bonchev–Trinajstić information content (AvgIpc) is 3.12. The van der Waals surface area contributed by atoms with Crippen molar-refractivity contribution in [2.24, 2.45) is 0 Å². The highest BCUT2D eigenvalue weighted by molar-refractivity contribution is 7.14. The van der Waals surface area contributed by atoms with Crippen LogP contribution in [0.2, 0.25) is 0 Å². The minimum Gasteiger partial charge on any atom is -0.457 e. The second kappa shape index (κ2) is 5.71. The van der Waals surface area contributed by atoms with E-state index in [0.29, 0.717) is 10.4 Å². The smallest absolute Gasteiger partial charge is 0.339 e. The number of thiophene rings is 1. The number of H-pyrrole nitrogens is 1. The molecule has 0 atom stereocenters. The number of hydrogen-bond donors (Lipinski definition) is 1. The van der Waals surface area contributed by atoms with Crippen LogP contribution < -0.4 is 0 Å². The lowest BCUT2D eigenvalue weighted by molar-refractivity contribution is 0.0473. The van der Waals surface area contributed by atoms with Gasteiger partial charge in [-0.25, -0.2) is 4.79 Å². The normalized spacial score (nSPS) is 10.7. The fraction of sp³-hybridized carbons (Fsp3) is 0.0667. The van der Waals surface area contributed by atoms with E-state index in [2.05, 4.69) is 4.98 Å². The maximum absolute atomic E-state index is 11.9. The number of esters is 1. The Morgan fingerprint density at radius 3 is 2.86 bits per heavy atom. The lowest BCUT2D eigenvalue weighted by atomic mass is 10.2. The summed E-state index contributed by atoms with van der Waals surface area (Å²) in [5, 5.41) is 2.09. The van der Waals surface area contributed by atoms with Crippen molar-refractivity contribution in [2.75, 3.05) is 0 Å². The molecule has 106 valence electrons. The third kappa shape index (κ3) is 2.99. The fourth-order valence-electron chi connectivity index (χ4n) is 1.96. The molecule has 21 heavy (non-hydrogen) atoms. The number of rotatable bonds is 4. The zero-order valence-electron chi connectivity index (χ0n) is 10.8. The van der Waals surface area contributed by atoms with Crippen molar-refractivity contribution in [3.63, 3.8) is 0 Å². The Morgan fingerprint density at radius 1 is 1.24 bits per heavy atom. The fourth-order valence-corrected chi connectivity index (χ4v) is 2.86. The molecule has 2 heterocycles. The van der Waals surface area contributed by atoms with Crippen molar-refractivity contribution in [1.82, 2.24) is 4.98 Å². The van der Waals surface area contributed by atoms with Gasteiger partial charge in [0.25, 0.3) is 5.24 Å². The maximum Gasteiger partial charge on any atom is 0.339 e. The summed E-state index contributed by atoms with van der Waals surface area (Å²) in [6, 6.07) is 9.22. The van der Waals surface area contributed by atoms with Gasteiger partial charge in [0.1, 0.15) is 6.61 Å². The lowest BCUT2D eigenvalue weighted by Crippen LogP contribution is -2.04. The van der Waals surface area contributed by atoms with Crippen LogP contribution in [0.5, 0.6) is 0 Å². The van der Waals surface area contributed by atoms with Gasteiger partial charge in [-0.05, 0) is 40.7 Å². The minimum atomic E-state index is -0.573. The van der Waals surface area contributed by atoms with Crippen LogP contribution >= 0.6 is 22.9 Å². The monoisotopic (exact) mass is 319 g/mol. The van der Waals surface area contributed by atoms with Crippen LogP contribution in [0.15, 0.2) is 41.9 Å². The second-order valence-electron chi connectivity index (χ2n) is 4.45. The van der Waals surface area contributed by atoms with Gasteiger partial charge in [-0.2, -0.15) is 0 Å². The van der Waals surface area contributed by atoms with Gasteiger partial charge in [-0.15, -0.1) is 11.3 Å². The second-order valence-corrected chi connectivity index (χ2v) is 5.70. The van der Waals surface area contributed by atoms with E-state index in [4.69, 9.17) is 16.3 Å². The molecular formula is C15H10ClNO3S. The number of benzene rings is 1. The molecule has 0 amide bonds. The Balaban J connectivity index is 1.68. The van der Waals surface area contributed by atoms with E-state index in [-0.39, 0.29) is 6.61 Å². The molecule has 1 N–H and O–H groups in total. The van der Waals surface area contributed by atoms with Crippen LogP contribution in [0.25, 0.3) is 10.9 Å². The quantitative estimate of drug-likeness (QED) is 0.585. The topological polar surface area (TPSA) is 59.2 Å². The molecule has 3 rings (SSSR count). The number of carbonyl (C=O) groups excluding carboxylic acids is 2. The summed E-state index contributed by atoms with van der Waals surface area (Å²) in [4.78, 5) is 26.3. The standard InChI is InChI=1S/C15H10ClNO3S/c16-14(18)13-6-11(8-21-13)15(19)20-7-9-1-2-10-3-4-17-12(10)5-9/h1-6,8,17H,7H2. The van der Waals surface area contributed by atoms with Gasteiger partial charge in [0.15, 0.2) is 0 Å². The Bertz CT molecular complexity index is 821. The molecule has 3 aromatic rings. The first-order valence-electron chi connectivity index (χ1n) is 6.15. The molecule has 4 nitrogen and oxygen atoms in total. The molecule has 1 aromatic carbocycles. The molecule has 0 fully saturated rings. The first-order valence-corrected chi connectivity index (χ1v) is 7.41. The molecule has 0 aliphatic heterocycles. The van der Waals surface area contributed by atoms with Crippen LogP contribution in [0, 0.1) is 0 Å². The predicted molar refractivity (Wildman–Crippen MR) is 81.9 cm³/mol. The zero-order chi connectivity index (χ0) is 14.8. The molecule has 0 saturated heterocycles. The highest BCUT2D eigenvalue weighted by Crippen LogP contribution is 2.19. The van der Waals surface area contributed by atoms with Crippen molar-refractivity contribution >= 4 is 45.1 Å². The van der Waals surface area contributed by atoms with E-state index >= 15 is 0 Å². The molecule has 0 aliphatic carbocycles. The maximum atomic E-state index is 11.9. The van der Waals surface area contributed by atoms with Gasteiger partial charge < -0.3 is 9.72 Å². The van der Waals surface area contributed by atoms with Crippen LogP contribution in [0.3, 0.4) is 0 Å². The predicted octanol–water partition coefficient (Wildman–Crippen LogP) is 3.97. The molecule has 0 saturated carbocycles. The van der Waals surface area contributed by atoms with Crippen molar-refractivity contribution in [1.29, 1.82) is 0 Å². The Morgan fingerprint density at radius 2 is 2.10 bits per heavy atom. The number of hydrogen-bond acceptors (Lipinski definition) is 4. The van der Waals surface area contributed by atoms with Gasteiger partial charge >= 0.3 is 5.97 Å². The van der Waals surface area contributed by atoms with Crippen LogP contribution in [-0.4, -0.2) is 16.2 Å². The summed E-state index contributed by atoms with van der Waals surface area (Å²) in [5.74, 6) is -0.470. The van der Waals surface area contributed by atoms with Crippen LogP contribution in [0.1, 0.15) is 25.6 Å². The van der Waals surface area contributed by atoms with Gasteiger partial charge in [-0.3, -0.25) is 4.79 Å². The molecule has 0 aliphatic rings. The molecule has 6 heteroatoms. The van der Waals surface area contributed by atoms with Crippen molar-refractivity contribution in [2.45, 2.75) is 6.61 Å².